The van der Waals surface area contributed by atoms with E-state index >= 15 is 0 Å². The first kappa shape index (κ1) is 16.5. The number of anilines is 1. The van der Waals surface area contributed by atoms with Crippen LogP contribution in [0.15, 0.2) is 18.2 Å². The summed E-state index contributed by atoms with van der Waals surface area (Å²) in [5, 5.41) is 6.27. The third kappa shape index (κ3) is 5.61. The summed E-state index contributed by atoms with van der Waals surface area (Å²) in [6.45, 7) is 6.48. The maximum atomic E-state index is 12.1. The molecule has 0 bridgehead atoms. The van der Waals surface area contributed by atoms with Gasteiger partial charge < -0.3 is 15.4 Å². The molecule has 0 aliphatic carbocycles. The van der Waals surface area contributed by atoms with Gasteiger partial charge in [-0.3, -0.25) is 4.79 Å². The fourth-order valence-electron chi connectivity index (χ4n) is 1.97. The number of nitrogens with one attached hydrogen (secondary N) is 2. The van der Waals surface area contributed by atoms with Gasteiger partial charge in [-0.2, -0.15) is 0 Å². The highest BCUT2D eigenvalue weighted by atomic mass is 16.5. The van der Waals surface area contributed by atoms with E-state index in [-0.39, 0.29) is 5.91 Å². The van der Waals surface area contributed by atoms with Crippen LogP contribution in [0.1, 0.15) is 42.1 Å². The zero-order chi connectivity index (χ0) is 14.8. The van der Waals surface area contributed by atoms with Crippen molar-refractivity contribution in [2.45, 2.75) is 33.1 Å². The van der Waals surface area contributed by atoms with Gasteiger partial charge in [0.2, 0.25) is 0 Å². The van der Waals surface area contributed by atoms with E-state index in [2.05, 4.69) is 17.6 Å². The van der Waals surface area contributed by atoms with Gasteiger partial charge in [-0.1, -0.05) is 6.92 Å². The van der Waals surface area contributed by atoms with Crippen LogP contribution in [0.5, 0.6) is 0 Å². The molecule has 1 aromatic carbocycles. The van der Waals surface area contributed by atoms with Gasteiger partial charge in [0.25, 0.3) is 5.91 Å². The van der Waals surface area contributed by atoms with Crippen molar-refractivity contribution in [1.29, 1.82) is 0 Å². The predicted molar refractivity (Wildman–Crippen MR) is 83.4 cm³/mol. The molecule has 0 saturated heterocycles. The quantitative estimate of drug-likeness (QED) is 0.683. The van der Waals surface area contributed by atoms with Crippen molar-refractivity contribution in [3.63, 3.8) is 0 Å². The number of methoxy groups -OCH3 is 1. The van der Waals surface area contributed by atoms with Gasteiger partial charge in [-0.25, -0.2) is 0 Å². The predicted octanol–water partition coefficient (Wildman–Crippen LogP) is 2.97. The fraction of sp³-hybridized carbons (Fsp3) is 0.562. The SMILES string of the molecule is CCCNc1ccc(C(=O)NCCCCOC)c(C)c1. The highest BCUT2D eigenvalue weighted by Gasteiger charge is 2.08. The highest BCUT2D eigenvalue weighted by molar-refractivity contribution is 5.96. The first-order valence-electron chi connectivity index (χ1n) is 7.30. The molecule has 1 aromatic rings. The van der Waals surface area contributed by atoms with Gasteiger partial charge in [-0.05, 0) is 49.9 Å². The van der Waals surface area contributed by atoms with E-state index in [0.717, 1.165) is 49.2 Å². The van der Waals surface area contributed by atoms with Gasteiger partial charge in [0.05, 0.1) is 0 Å². The molecule has 0 fully saturated rings. The molecule has 1 amide bonds. The lowest BCUT2D eigenvalue weighted by Gasteiger charge is -2.10. The Balaban J connectivity index is 2.47. The Morgan fingerprint density at radius 1 is 1.25 bits per heavy atom. The van der Waals surface area contributed by atoms with Crippen LogP contribution >= 0.6 is 0 Å². The van der Waals surface area contributed by atoms with Crippen LogP contribution in [0.25, 0.3) is 0 Å². The van der Waals surface area contributed by atoms with Gasteiger partial charge in [0.15, 0.2) is 0 Å². The molecule has 0 unspecified atom stereocenters. The van der Waals surface area contributed by atoms with Crippen molar-refractivity contribution >= 4 is 11.6 Å². The average Bonchev–Trinajstić information content (AvgIpc) is 2.44. The van der Waals surface area contributed by atoms with E-state index in [9.17, 15) is 4.79 Å². The van der Waals surface area contributed by atoms with Gasteiger partial charge in [0.1, 0.15) is 0 Å². The Labute approximate surface area is 121 Å². The van der Waals surface area contributed by atoms with Crippen LogP contribution < -0.4 is 10.6 Å². The van der Waals surface area contributed by atoms with Crippen LogP contribution in [0.4, 0.5) is 5.69 Å². The fourth-order valence-corrected chi connectivity index (χ4v) is 1.97. The summed E-state index contributed by atoms with van der Waals surface area (Å²) >= 11 is 0. The summed E-state index contributed by atoms with van der Waals surface area (Å²) in [4.78, 5) is 12.1. The molecule has 0 atom stereocenters. The van der Waals surface area contributed by atoms with Crippen LogP contribution in [0.2, 0.25) is 0 Å². The molecule has 0 spiro atoms. The number of hydrogen-bond acceptors (Lipinski definition) is 3. The van der Waals surface area contributed by atoms with Gasteiger partial charge in [-0.15, -0.1) is 0 Å². The zero-order valence-corrected chi connectivity index (χ0v) is 12.8. The molecule has 20 heavy (non-hydrogen) atoms. The summed E-state index contributed by atoms with van der Waals surface area (Å²) < 4.78 is 4.98. The summed E-state index contributed by atoms with van der Waals surface area (Å²) in [6.07, 6.45) is 2.99. The summed E-state index contributed by atoms with van der Waals surface area (Å²) in [7, 11) is 1.69. The molecule has 112 valence electrons. The van der Waals surface area contributed by atoms with Crippen molar-refractivity contribution in [2.75, 3.05) is 32.1 Å². The third-order valence-electron chi connectivity index (χ3n) is 3.11. The molecule has 0 radical (unpaired) electrons. The lowest BCUT2D eigenvalue weighted by Crippen LogP contribution is -2.25. The highest BCUT2D eigenvalue weighted by Crippen LogP contribution is 2.15. The number of hydrogen-bond donors (Lipinski definition) is 2. The Bertz CT molecular complexity index is 419. The van der Waals surface area contributed by atoms with Crippen molar-refractivity contribution < 1.29 is 9.53 Å². The monoisotopic (exact) mass is 278 g/mol. The first-order valence-corrected chi connectivity index (χ1v) is 7.30. The maximum absolute atomic E-state index is 12.1. The largest absolute Gasteiger partial charge is 0.385 e. The Morgan fingerprint density at radius 3 is 2.70 bits per heavy atom. The number of benzene rings is 1. The number of rotatable bonds is 9. The second-order valence-corrected chi connectivity index (χ2v) is 4.91. The van der Waals surface area contributed by atoms with E-state index in [1.165, 1.54) is 0 Å². The first-order chi connectivity index (χ1) is 9.69. The Hall–Kier alpha value is -1.55. The van der Waals surface area contributed by atoms with Crippen LogP contribution in [0, 0.1) is 6.92 Å². The van der Waals surface area contributed by atoms with Crippen molar-refractivity contribution in [1.82, 2.24) is 5.32 Å². The number of amides is 1. The lowest BCUT2D eigenvalue weighted by atomic mass is 10.1. The molecular weight excluding hydrogens is 252 g/mol. The molecular formula is C16H26N2O2. The lowest BCUT2D eigenvalue weighted by molar-refractivity contribution is 0.0951. The normalized spacial score (nSPS) is 10.3. The Kier molecular flexibility index (Phi) is 7.73. The molecule has 0 aromatic heterocycles. The van der Waals surface area contributed by atoms with Crippen LogP contribution in [-0.2, 0) is 4.74 Å². The second-order valence-electron chi connectivity index (χ2n) is 4.91. The van der Waals surface area contributed by atoms with Crippen LogP contribution in [0.3, 0.4) is 0 Å². The van der Waals surface area contributed by atoms with E-state index in [4.69, 9.17) is 4.74 Å². The summed E-state index contributed by atoms with van der Waals surface area (Å²) in [6, 6.07) is 5.87. The van der Waals surface area contributed by atoms with Gasteiger partial charge >= 0.3 is 0 Å². The molecule has 0 heterocycles. The summed E-state index contributed by atoms with van der Waals surface area (Å²) in [5.41, 5.74) is 2.82. The molecule has 1 rings (SSSR count). The molecule has 4 heteroatoms. The zero-order valence-electron chi connectivity index (χ0n) is 12.8. The van der Waals surface area contributed by atoms with Crippen molar-refractivity contribution in [3.8, 4) is 0 Å². The smallest absolute Gasteiger partial charge is 0.251 e. The standard InChI is InChI=1S/C16H26N2O2/c1-4-9-17-14-7-8-15(13(2)12-14)16(19)18-10-5-6-11-20-3/h7-8,12,17H,4-6,9-11H2,1-3H3,(H,18,19). The van der Waals surface area contributed by atoms with E-state index < -0.39 is 0 Å². The van der Waals surface area contributed by atoms with E-state index in [1.54, 1.807) is 7.11 Å². The molecule has 0 aliphatic heterocycles. The van der Waals surface area contributed by atoms with Crippen LogP contribution in [-0.4, -0.2) is 32.7 Å². The molecule has 4 nitrogen and oxygen atoms in total. The molecule has 0 aliphatic rings. The number of carbonyl (C=O) groups excluding carboxylic acids is 1. The van der Waals surface area contributed by atoms with Crippen molar-refractivity contribution in [2.24, 2.45) is 0 Å². The van der Waals surface area contributed by atoms with Crippen molar-refractivity contribution in [3.05, 3.63) is 29.3 Å². The maximum Gasteiger partial charge on any atom is 0.251 e. The topological polar surface area (TPSA) is 50.4 Å². The molecule has 2 N–H and O–H groups in total. The second kappa shape index (κ2) is 9.37. The van der Waals surface area contributed by atoms with Gasteiger partial charge in [0, 0.05) is 38.1 Å². The minimum absolute atomic E-state index is 0.00181. The Morgan fingerprint density at radius 2 is 2.05 bits per heavy atom. The minimum atomic E-state index is 0.00181. The average molecular weight is 278 g/mol. The summed E-state index contributed by atoms with van der Waals surface area (Å²) in [5.74, 6) is 0.00181. The number of aryl methyl sites for hydroxylation is 1. The third-order valence-corrected chi connectivity index (χ3v) is 3.11. The van der Waals surface area contributed by atoms with E-state index in [1.807, 2.05) is 25.1 Å². The number of ether oxygens (including phenoxy) is 1. The molecule has 0 saturated carbocycles. The number of unbranched alkanes of at least 4 members (excludes halogenated alkanes) is 1. The number of carbonyl (C=O) groups is 1. The van der Waals surface area contributed by atoms with E-state index in [0.29, 0.717) is 6.54 Å². The minimum Gasteiger partial charge on any atom is -0.385 e.